The number of hydrogen-bond donors (Lipinski definition) is 2. The summed E-state index contributed by atoms with van der Waals surface area (Å²) in [6.07, 6.45) is 4.02. The van der Waals surface area contributed by atoms with Crippen LogP contribution in [0.4, 0.5) is 0 Å². The van der Waals surface area contributed by atoms with Crippen LogP contribution in [0, 0.1) is 6.92 Å². The molecule has 1 amide bonds. The van der Waals surface area contributed by atoms with E-state index in [4.69, 9.17) is 5.73 Å². The second-order valence-corrected chi connectivity index (χ2v) is 7.02. The Labute approximate surface area is 114 Å². The molecule has 3 N–H and O–H groups in total. The molecule has 5 heteroatoms. The summed E-state index contributed by atoms with van der Waals surface area (Å²) in [5.41, 5.74) is 6.96. The first-order valence-corrected chi connectivity index (χ1v) is 7.49. The van der Waals surface area contributed by atoms with E-state index in [0.717, 1.165) is 39.9 Å². The zero-order valence-electron chi connectivity index (χ0n) is 9.83. The van der Waals surface area contributed by atoms with Crippen LogP contribution < -0.4 is 11.1 Å². The van der Waals surface area contributed by atoms with Crippen molar-refractivity contribution >= 4 is 33.2 Å². The third-order valence-corrected chi connectivity index (χ3v) is 5.32. The molecule has 1 heterocycles. The van der Waals surface area contributed by atoms with Gasteiger partial charge in [0.15, 0.2) is 0 Å². The lowest BCUT2D eigenvalue weighted by Gasteiger charge is -2.26. The molecular formula is C12H17BrN2OS. The summed E-state index contributed by atoms with van der Waals surface area (Å²) >= 11 is 4.93. The zero-order chi connectivity index (χ0) is 12.4. The minimum absolute atomic E-state index is 0.0456. The first-order valence-electron chi connectivity index (χ1n) is 5.88. The van der Waals surface area contributed by atoms with E-state index in [1.54, 1.807) is 0 Å². The highest BCUT2D eigenvalue weighted by Gasteiger charge is 2.21. The predicted octanol–water partition coefficient (Wildman–Crippen LogP) is 2.82. The van der Waals surface area contributed by atoms with Crippen molar-refractivity contribution in [2.45, 2.75) is 44.7 Å². The highest BCUT2D eigenvalue weighted by atomic mass is 79.9. The fraction of sp³-hybridized carbons (Fsp3) is 0.583. The predicted molar refractivity (Wildman–Crippen MR) is 74.5 cm³/mol. The number of rotatable bonds is 2. The van der Waals surface area contributed by atoms with Crippen LogP contribution >= 0.6 is 27.3 Å². The van der Waals surface area contributed by atoms with Crippen molar-refractivity contribution in [2.24, 2.45) is 5.73 Å². The molecule has 0 aromatic carbocycles. The number of carbonyl (C=O) groups excluding carboxylic acids is 1. The Hall–Kier alpha value is -0.390. The quantitative estimate of drug-likeness (QED) is 0.881. The summed E-state index contributed by atoms with van der Waals surface area (Å²) in [5.74, 6) is 0.0456. The molecule has 1 aliphatic rings. The maximum Gasteiger partial charge on any atom is 0.261 e. The minimum Gasteiger partial charge on any atom is -0.349 e. The smallest absolute Gasteiger partial charge is 0.261 e. The van der Waals surface area contributed by atoms with Crippen LogP contribution in [0.25, 0.3) is 0 Å². The van der Waals surface area contributed by atoms with Crippen molar-refractivity contribution in [1.82, 2.24) is 5.32 Å². The average Bonchev–Trinajstić information content (AvgIpc) is 2.63. The second kappa shape index (κ2) is 5.50. The van der Waals surface area contributed by atoms with Crippen molar-refractivity contribution < 1.29 is 4.79 Å². The summed E-state index contributed by atoms with van der Waals surface area (Å²) in [7, 11) is 0. The molecule has 0 unspecified atom stereocenters. The molecule has 3 nitrogen and oxygen atoms in total. The van der Waals surface area contributed by atoms with E-state index in [1.807, 2.05) is 13.0 Å². The van der Waals surface area contributed by atoms with Gasteiger partial charge in [-0.2, -0.15) is 0 Å². The molecule has 1 saturated carbocycles. The van der Waals surface area contributed by atoms with Crippen molar-refractivity contribution in [3.63, 3.8) is 0 Å². The summed E-state index contributed by atoms with van der Waals surface area (Å²) in [6.45, 7) is 2.00. The monoisotopic (exact) mass is 316 g/mol. The van der Waals surface area contributed by atoms with Crippen molar-refractivity contribution in [3.8, 4) is 0 Å². The molecule has 0 aliphatic heterocycles. The minimum atomic E-state index is 0.0456. The lowest BCUT2D eigenvalue weighted by Crippen LogP contribution is -2.40. The van der Waals surface area contributed by atoms with E-state index in [2.05, 4.69) is 21.2 Å². The van der Waals surface area contributed by atoms with Crippen LogP contribution in [0.2, 0.25) is 0 Å². The van der Waals surface area contributed by atoms with Crippen LogP contribution in [-0.2, 0) is 0 Å². The Bertz CT molecular complexity index is 391. The standard InChI is InChI=1S/C12H17BrN2OS/c1-7-6-10(17-11(7)13)12(16)15-9-4-2-8(14)3-5-9/h6,8-9H,2-5,14H2,1H3,(H,15,16). The number of hydrogen-bond acceptors (Lipinski definition) is 3. The molecule has 1 aliphatic carbocycles. The fourth-order valence-electron chi connectivity index (χ4n) is 2.09. The van der Waals surface area contributed by atoms with Crippen LogP contribution in [0.3, 0.4) is 0 Å². The van der Waals surface area contributed by atoms with Gasteiger partial charge in [0.2, 0.25) is 0 Å². The molecule has 0 radical (unpaired) electrons. The summed E-state index contributed by atoms with van der Waals surface area (Å²) in [4.78, 5) is 12.8. The van der Waals surface area contributed by atoms with E-state index in [-0.39, 0.29) is 5.91 Å². The van der Waals surface area contributed by atoms with Crippen molar-refractivity contribution in [1.29, 1.82) is 0 Å². The molecule has 1 aromatic heterocycles. The van der Waals surface area contributed by atoms with E-state index in [1.165, 1.54) is 11.3 Å². The Morgan fingerprint density at radius 1 is 1.47 bits per heavy atom. The highest BCUT2D eigenvalue weighted by molar-refractivity contribution is 9.11. The summed E-state index contributed by atoms with van der Waals surface area (Å²) < 4.78 is 1.04. The van der Waals surface area contributed by atoms with Gasteiger partial charge in [0.1, 0.15) is 0 Å². The third kappa shape index (κ3) is 3.30. The normalized spacial score (nSPS) is 24.6. The molecular weight excluding hydrogens is 300 g/mol. The van der Waals surface area contributed by atoms with Gasteiger partial charge in [0.05, 0.1) is 8.66 Å². The van der Waals surface area contributed by atoms with Crippen LogP contribution in [-0.4, -0.2) is 18.0 Å². The molecule has 1 fully saturated rings. The lowest BCUT2D eigenvalue weighted by atomic mass is 9.92. The molecule has 0 atom stereocenters. The van der Waals surface area contributed by atoms with Gasteiger partial charge in [-0.1, -0.05) is 0 Å². The molecule has 0 saturated heterocycles. The Balaban J connectivity index is 1.93. The molecule has 94 valence electrons. The second-order valence-electron chi connectivity index (χ2n) is 4.65. The molecule has 2 rings (SSSR count). The summed E-state index contributed by atoms with van der Waals surface area (Å²) in [6, 6.07) is 2.54. The average molecular weight is 317 g/mol. The van der Waals surface area contributed by atoms with Crippen molar-refractivity contribution in [2.75, 3.05) is 0 Å². The van der Waals surface area contributed by atoms with Crippen LogP contribution in [0.5, 0.6) is 0 Å². The van der Waals surface area contributed by atoms with Gasteiger partial charge in [-0.05, 0) is 60.2 Å². The van der Waals surface area contributed by atoms with E-state index < -0.39 is 0 Å². The lowest BCUT2D eigenvalue weighted by molar-refractivity contribution is 0.0930. The van der Waals surface area contributed by atoms with Gasteiger partial charge in [-0.3, -0.25) is 4.79 Å². The molecule has 17 heavy (non-hydrogen) atoms. The van der Waals surface area contributed by atoms with Crippen LogP contribution in [0.1, 0.15) is 40.9 Å². The van der Waals surface area contributed by atoms with E-state index in [0.29, 0.717) is 12.1 Å². The number of thiophene rings is 1. The zero-order valence-corrected chi connectivity index (χ0v) is 12.2. The number of nitrogens with one attached hydrogen (secondary N) is 1. The number of nitrogens with two attached hydrogens (primary N) is 1. The molecule has 1 aromatic rings. The van der Waals surface area contributed by atoms with Crippen LogP contribution in [0.15, 0.2) is 9.85 Å². The van der Waals surface area contributed by atoms with Gasteiger partial charge < -0.3 is 11.1 Å². The highest BCUT2D eigenvalue weighted by Crippen LogP contribution is 2.27. The fourth-order valence-corrected chi connectivity index (χ4v) is 3.53. The van der Waals surface area contributed by atoms with Gasteiger partial charge in [0.25, 0.3) is 5.91 Å². The first kappa shape index (κ1) is 13.1. The van der Waals surface area contributed by atoms with Crippen molar-refractivity contribution in [3.05, 3.63) is 20.3 Å². The largest absolute Gasteiger partial charge is 0.349 e. The number of amides is 1. The van der Waals surface area contributed by atoms with Gasteiger partial charge in [-0.15, -0.1) is 11.3 Å². The number of aryl methyl sites for hydroxylation is 1. The Morgan fingerprint density at radius 2 is 2.12 bits per heavy atom. The van der Waals surface area contributed by atoms with Gasteiger partial charge in [0, 0.05) is 12.1 Å². The third-order valence-electron chi connectivity index (χ3n) is 3.19. The SMILES string of the molecule is Cc1cc(C(=O)NC2CCC(N)CC2)sc1Br. The first-order chi connectivity index (χ1) is 8.06. The van der Waals surface area contributed by atoms with E-state index in [9.17, 15) is 4.79 Å². The Morgan fingerprint density at radius 3 is 2.65 bits per heavy atom. The summed E-state index contributed by atoms with van der Waals surface area (Å²) in [5, 5.41) is 3.09. The number of carbonyl (C=O) groups is 1. The Kier molecular flexibility index (Phi) is 4.22. The van der Waals surface area contributed by atoms with Gasteiger partial charge >= 0.3 is 0 Å². The van der Waals surface area contributed by atoms with E-state index >= 15 is 0 Å². The number of halogens is 1. The molecule has 0 spiro atoms. The maximum absolute atomic E-state index is 12.0. The molecule has 0 bridgehead atoms. The maximum atomic E-state index is 12.0. The van der Waals surface area contributed by atoms with Gasteiger partial charge in [-0.25, -0.2) is 0 Å². The topological polar surface area (TPSA) is 55.1 Å².